The smallest absolute Gasteiger partial charge is 0.168 e. The first-order valence-corrected chi connectivity index (χ1v) is 11.8. The van der Waals surface area contributed by atoms with Crippen molar-refractivity contribution in [3.05, 3.63) is 69.5 Å². The van der Waals surface area contributed by atoms with Gasteiger partial charge in [0.15, 0.2) is 17.5 Å². The number of nitrogens with zero attached hydrogens (tertiary/aromatic N) is 3. The van der Waals surface area contributed by atoms with Crippen molar-refractivity contribution in [2.45, 2.75) is 52.6 Å². The van der Waals surface area contributed by atoms with Crippen molar-refractivity contribution in [2.75, 3.05) is 11.9 Å². The lowest BCUT2D eigenvalue weighted by Gasteiger charge is -2.46. The fraction of sp³-hybridized carbons (Fsp3) is 0.400. The number of carboxylic acids is 1. The number of aromatic amines is 1. The molecule has 1 saturated heterocycles. The van der Waals surface area contributed by atoms with E-state index in [2.05, 4.69) is 20.5 Å². The summed E-state index contributed by atoms with van der Waals surface area (Å²) in [5, 5.41) is 22.1. The van der Waals surface area contributed by atoms with Crippen LogP contribution in [0.3, 0.4) is 0 Å². The van der Waals surface area contributed by atoms with Gasteiger partial charge in [0.1, 0.15) is 5.82 Å². The third-order valence-electron chi connectivity index (χ3n) is 6.69. The van der Waals surface area contributed by atoms with E-state index in [1.54, 1.807) is 31.2 Å². The Kier molecular flexibility index (Phi) is 7.10. The number of nitrogens with one attached hydrogen (secondary N) is 2. The van der Waals surface area contributed by atoms with Crippen LogP contribution in [0.5, 0.6) is 0 Å². The second kappa shape index (κ2) is 9.91. The molecule has 35 heavy (non-hydrogen) atoms. The number of aliphatic carboxylic acids is 1. The molecule has 1 fully saturated rings. The summed E-state index contributed by atoms with van der Waals surface area (Å²) in [6.45, 7) is 6.09. The van der Waals surface area contributed by atoms with Crippen LogP contribution in [0.2, 0.25) is 5.02 Å². The number of benzene rings is 1. The van der Waals surface area contributed by atoms with Gasteiger partial charge in [-0.25, -0.2) is 13.8 Å². The Morgan fingerprint density at radius 2 is 2.09 bits per heavy atom. The average molecular weight is 503 g/mol. The second-order valence-electron chi connectivity index (χ2n) is 9.39. The van der Waals surface area contributed by atoms with E-state index in [4.69, 9.17) is 11.6 Å². The fourth-order valence-corrected chi connectivity index (χ4v) is 4.96. The molecule has 10 heteroatoms. The van der Waals surface area contributed by atoms with Crippen molar-refractivity contribution in [3.63, 3.8) is 0 Å². The van der Waals surface area contributed by atoms with Crippen molar-refractivity contribution < 1.29 is 18.7 Å². The molecule has 1 aliphatic rings. The largest absolute Gasteiger partial charge is 0.550 e. The molecule has 0 aliphatic carbocycles. The van der Waals surface area contributed by atoms with Crippen molar-refractivity contribution >= 4 is 29.2 Å². The molecule has 3 aromatic rings. The lowest BCUT2D eigenvalue weighted by Crippen LogP contribution is -2.54. The van der Waals surface area contributed by atoms with E-state index in [-0.39, 0.29) is 29.7 Å². The number of H-pyrrole nitrogens is 1. The van der Waals surface area contributed by atoms with Crippen LogP contribution in [0.15, 0.2) is 30.3 Å². The summed E-state index contributed by atoms with van der Waals surface area (Å²) in [6.07, 6.45) is 0.673. The predicted molar refractivity (Wildman–Crippen MR) is 127 cm³/mol. The lowest BCUT2D eigenvalue weighted by atomic mass is 9.72. The third kappa shape index (κ3) is 5.31. The Balaban J connectivity index is 1.54. The number of carbonyl (C=O) groups excluding carboxylic acids is 1. The summed E-state index contributed by atoms with van der Waals surface area (Å²) in [5.74, 6) is -1.75. The van der Waals surface area contributed by atoms with E-state index < -0.39 is 23.0 Å². The number of aromatic nitrogens is 3. The minimum absolute atomic E-state index is 0.0121. The monoisotopic (exact) mass is 502 g/mol. The van der Waals surface area contributed by atoms with Crippen molar-refractivity contribution in [3.8, 4) is 0 Å². The first-order valence-electron chi connectivity index (χ1n) is 11.4. The van der Waals surface area contributed by atoms with Gasteiger partial charge in [0.25, 0.3) is 0 Å². The highest BCUT2D eigenvalue weighted by Crippen LogP contribution is 2.39. The molecule has 1 aliphatic heterocycles. The number of halogens is 3. The molecule has 0 radical (unpaired) electrons. The Hall–Kier alpha value is -3.04. The van der Waals surface area contributed by atoms with Crippen LogP contribution in [0.25, 0.3) is 0 Å². The Morgan fingerprint density at radius 1 is 1.31 bits per heavy atom. The normalized spacial score (nSPS) is 20.7. The number of aryl methyl sites for hydroxylation is 2. The number of piperidine rings is 1. The van der Waals surface area contributed by atoms with Crippen LogP contribution < -0.4 is 10.4 Å². The van der Waals surface area contributed by atoms with Gasteiger partial charge in [-0.3, -0.25) is 10.00 Å². The maximum atomic E-state index is 14.7. The van der Waals surface area contributed by atoms with E-state index in [9.17, 15) is 18.7 Å². The predicted octanol–water partition coefficient (Wildman–Crippen LogP) is 4.06. The zero-order chi connectivity index (χ0) is 25.3. The molecule has 0 unspecified atom stereocenters. The van der Waals surface area contributed by atoms with Gasteiger partial charge in [-0.05, 0) is 57.9 Å². The molecule has 2 atom stereocenters. The van der Waals surface area contributed by atoms with Crippen LogP contribution in [0.1, 0.15) is 42.3 Å². The fourth-order valence-electron chi connectivity index (χ4n) is 4.77. The minimum atomic E-state index is -1.18. The third-order valence-corrected chi connectivity index (χ3v) is 6.98. The van der Waals surface area contributed by atoms with Gasteiger partial charge in [0.05, 0.1) is 5.02 Å². The summed E-state index contributed by atoms with van der Waals surface area (Å²) in [5.41, 5.74) is 0.880. The average Bonchev–Trinajstić information content (AvgIpc) is 3.21. The first kappa shape index (κ1) is 25.1. The highest BCUT2D eigenvalue weighted by Gasteiger charge is 2.40. The standard InChI is InChI=1S/C25H28ClF2N5O2/c1-14-9-18(29-23(21(14)27)30-20-10-15(2)31-32-20)12-25(24(34)35)7-8-33(16(3)11-25)13-17-5-4-6-19(26)22(17)28/h4-6,9-10,16H,7-8,11-13H2,1-3H3,(H,34,35)(H2,29,30,31,32)/p-1/t16-,25-/m1/s1. The molecular weight excluding hydrogens is 476 g/mol. The van der Waals surface area contributed by atoms with Gasteiger partial charge < -0.3 is 15.2 Å². The molecule has 0 saturated carbocycles. The van der Waals surface area contributed by atoms with Gasteiger partial charge in [-0.15, -0.1) is 0 Å². The van der Waals surface area contributed by atoms with Crippen LogP contribution in [-0.4, -0.2) is 38.6 Å². The number of rotatable bonds is 7. The molecule has 7 nitrogen and oxygen atoms in total. The van der Waals surface area contributed by atoms with Crippen molar-refractivity contribution in [1.29, 1.82) is 0 Å². The van der Waals surface area contributed by atoms with Crippen LogP contribution in [-0.2, 0) is 17.8 Å². The second-order valence-corrected chi connectivity index (χ2v) is 9.79. The van der Waals surface area contributed by atoms with E-state index >= 15 is 0 Å². The van der Waals surface area contributed by atoms with Crippen molar-refractivity contribution in [2.24, 2.45) is 5.41 Å². The summed E-state index contributed by atoms with van der Waals surface area (Å²) in [7, 11) is 0. The molecule has 0 amide bonds. The van der Waals surface area contributed by atoms with E-state index in [0.717, 1.165) is 5.69 Å². The summed E-state index contributed by atoms with van der Waals surface area (Å²) >= 11 is 5.91. The molecular formula is C25H27ClF2N5O2-. The molecule has 1 aromatic carbocycles. The zero-order valence-electron chi connectivity index (χ0n) is 19.8. The van der Waals surface area contributed by atoms with Crippen LogP contribution >= 0.6 is 11.6 Å². The van der Waals surface area contributed by atoms with Crippen LogP contribution in [0.4, 0.5) is 20.4 Å². The summed E-state index contributed by atoms with van der Waals surface area (Å²) < 4.78 is 29.2. The Labute approximate surface area is 207 Å². The van der Waals surface area contributed by atoms with Gasteiger partial charge in [0.2, 0.25) is 0 Å². The topological polar surface area (TPSA) is 97.0 Å². The quantitative estimate of drug-likeness (QED) is 0.505. The van der Waals surface area contributed by atoms with Gasteiger partial charge >= 0.3 is 0 Å². The number of carboxylic acid groups (broad SMARTS) is 1. The zero-order valence-corrected chi connectivity index (χ0v) is 20.5. The molecule has 2 N–H and O–H groups in total. The maximum Gasteiger partial charge on any atom is 0.168 e. The van der Waals surface area contributed by atoms with Gasteiger partial charge in [0, 0.05) is 53.4 Å². The lowest BCUT2D eigenvalue weighted by molar-refractivity contribution is -0.322. The molecule has 3 heterocycles. The summed E-state index contributed by atoms with van der Waals surface area (Å²) in [6, 6.07) is 7.99. The van der Waals surface area contributed by atoms with E-state index in [1.807, 2.05) is 18.7 Å². The first-order chi connectivity index (χ1) is 16.6. The minimum Gasteiger partial charge on any atom is -0.550 e. The number of likely N-dealkylation sites (tertiary alicyclic amines) is 1. The van der Waals surface area contributed by atoms with Gasteiger partial charge in [-0.2, -0.15) is 5.10 Å². The van der Waals surface area contributed by atoms with Crippen molar-refractivity contribution in [1.82, 2.24) is 20.1 Å². The molecule has 0 spiro atoms. The van der Waals surface area contributed by atoms with E-state index in [0.29, 0.717) is 42.1 Å². The Bertz CT molecular complexity index is 1250. The summed E-state index contributed by atoms with van der Waals surface area (Å²) in [4.78, 5) is 18.8. The van der Waals surface area contributed by atoms with E-state index in [1.165, 1.54) is 6.07 Å². The maximum absolute atomic E-state index is 14.7. The number of anilines is 2. The molecule has 2 aromatic heterocycles. The number of carbonyl (C=O) groups is 1. The van der Waals surface area contributed by atoms with Crippen LogP contribution in [0, 0.1) is 30.9 Å². The molecule has 186 valence electrons. The molecule has 4 rings (SSSR count). The number of hydrogen-bond donors (Lipinski definition) is 2. The highest BCUT2D eigenvalue weighted by molar-refractivity contribution is 6.30. The highest BCUT2D eigenvalue weighted by atomic mass is 35.5. The molecule has 0 bridgehead atoms. The Morgan fingerprint density at radius 3 is 2.74 bits per heavy atom. The number of hydrogen-bond acceptors (Lipinski definition) is 6. The number of pyridine rings is 1. The SMILES string of the molecule is Cc1cc(Nc2nc(C[C@@]3(C(=O)[O-])CCN(Cc4cccc(Cl)c4F)[C@H](C)C3)cc(C)c2F)n[nH]1. The van der Waals surface area contributed by atoms with Gasteiger partial charge in [-0.1, -0.05) is 23.7 Å².